The normalized spacial score (nSPS) is 12.1. The largest absolute Gasteiger partial charge is 0.494 e. The molecule has 142 valence electrons. The molecule has 0 radical (unpaired) electrons. The Morgan fingerprint density at radius 3 is 2.65 bits per heavy atom. The van der Waals surface area contributed by atoms with Gasteiger partial charge in [-0.3, -0.25) is 10.00 Å². The first-order valence-electron chi connectivity index (χ1n) is 8.07. The predicted molar refractivity (Wildman–Crippen MR) is 91.1 cm³/mol. The average molecular weight is 370 g/mol. The summed E-state index contributed by atoms with van der Waals surface area (Å²) in [5.74, 6) is -0.474. The summed E-state index contributed by atoms with van der Waals surface area (Å²) < 4.78 is 46.7. The molecule has 0 aliphatic heterocycles. The van der Waals surface area contributed by atoms with Crippen molar-refractivity contribution in [3.05, 3.63) is 41.3 Å². The third kappa shape index (κ3) is 4.68. The van der Waals surface area contributed by atoms with Gasteiger partial charge in [-0.2, -0.15) is 5.10 Å². The van der Waals surface area contributed by atoms with E-state index in [-0.39, 0.29) is 11.3 Å². The maximum Gasteiger partial charge on any atom is 0.321 e. The van der Waals surface area contributed by atoms with Crippen molar-refractivity contribution in [2.24, 2.45) is 7.05 Å². The number of alkyl halides is 2. The lowest BCUT2D eigenvalue weighted by molar-refractivity contribution is 0.102. The molecule has 0 saturated heterocycles. The first kappa shape index (κ1) is 19.6. The molecule has 0 spiro atoms. The number of hydrogen-bond donors (Lipinski definition) is 2. The van der Waals surface area contributed by atoms with Crippen molar-refractivity contribution < 1.29 is 22.7 Å². The zero-order valence-corrected chi connectivity index (χ0v) is 14.7. The van der Waals surface area contributed by atoms with Crippen LogP contribution in [0.2, 0.25) is 0 Å². The highest BCUT2D eigenvalue weighted by molar-refractivity contribution is 5.88. The highest BCUT2D eigenvalue weighted by atomic mass is 19.3. The molecule has 1 heterocycles. The van der Waals surface area contributed by atoms with Crippen LogP contribution >= 0.6 is 0 Å². The Kier molecular flexibility index (Phi) is 6.48. The van der Waals surface area contributed by atoms with Crippen LogP contribution in [0.15, 0.2) is 24.3 Å². The number of carbonyl (C=O) groups is 1. The fourth-order valence-corrected chi connectivity index (χ4v) is 2.48. The van der Waals surface area contributed by atoms with Crippen LogP contribution in [0, 0.1) is 5.82 Å². The summed E-state index contributed by atoms with van der Waals surface area (Å²) in [5.41, 5.74) is 0.720. The molecule has 0 bridgehead atoms. The molecule has 0 aliphatic rings. The van der Waals surface area contributed by atoms with Gasteiger partial charge in [0, 0.05) is 13.1 Å². The third-order valence-corrected chi connectivity index (χ3v) is 3.75. The van der Waals surface area contributed by atoms with Crippen LogP contribution < -0.4 is 15.4 Å². The van der Waals surface area contributed by atoms with Crippen molar-refractivity contribution >= 4 is 11.8 Å². The molecule has 9 heteroatoms. The van der Waals surface area contributed by atoms with Gasteiger partial charge >= 0.3 is 6.03 Å². The van der Waals surface area contributed by atoms with Gasteiger partial charge in [-0.1, -0.05) is 19.4 Å². The number of rotatable bonds is 7. The number of aromatic nitrogens is 2. The van der Waals surface area contributed by atoms with E-state index in [9.17, 15) is 18.0 Å². The molecule has 1 atom stereocenters. The van der Waals surface area contributed by atoms with Gasteiger partial charge in [0.05, 0.1) is 12.8 Å². The summed E-state index contributed by atoms with van der Waals surface area (Å²) in [6, 6.07) is 2.60. The van der Waals surface area contributed by atoms with Crippen LogP contribution in [0.3, 0.4) is 0 Å². The van der Waals surface area contributed by atoms with Gasteiger partial charge in [0.1, 0.15) is 11.9 Å². The smallest absolute Gasteiger partial charge is 0.321 e. The Bertz CT molecular complexity index is 764. The van der Waals surface area contributed by atoms with E-state index in [1.165, 1.54) is 23.9 Å². The molecule has 2 aromatic rings. The predicted octanol–water partition coefficient (Wildman–Crippen LogP) is 3.65. The fraction of sp³-hybridized carbons (Fsp3) is 0.412. The van der Waals surface area contributed by atoms with Crippen LogP contribution in [0.4, 0.5) is 23.8 Å². The first-order chi connectivity index (χ1) is 12.3. The number of nitrogens with one attached hydrogen (secondary N) is 2. The second kappa shape index (κ2) is 8.59. The molecule has 2 amide bonds. The SMILES string of the molecule is CCCc1cc(NC(=O)N[C@@H](c2ccc(OC)c(F)c2)C(F)F)n(C)n1. The minimum Gasteiger partial charge on any atom is -0.494 e. The molecule has 6 nitrogen and oxygen atoms in total. The number of nitrogens with zero attached hydrogens (tertiary/aromatic N) is 2. The number of anilines is 1. The van der Waals surface area contributed by atoms with Gasteiger partial charge in [-0.15, -0.1) is 0 Å². The summed E-state index contributed by atoms with van der Waals surface area (Å²) in [5, 5.41) is 8.86. The number of carbonyl (C=O) groups excluding carboxylic acids is 1. The molecular formula is C17H21F3N4O2. The second-order valence-electron chi connectivity index (χ2n) is 5.70. The Morgan fingerprint density at radius 2 is 2.08 bits per heavy atom. The van der Waals surface area contributed by atoms with Gasteiger partial charge in [-0.25, -0.2) is 18.0 Å². The highest BCUT2D eigenvalue weighted by Crippen LogP contribution is 2.26. The Hall–Kier alpha value is -2.71. The maximum atomic E-state index is 13.8. The minimum absolute atomic E-state index is 0.0647. The summed E-state index contributed by atoms with van der Waals surface area (Å²) in [4.78, 5) is 12.1. The zero-order chi connectivity index (χ0) is 19.3. The first-order valence-corrected chi connectivity index (χ1v) is 8.07. The van der Waals surface area contributed by atoms with Gasteiger partial charge in [0.2, 0.25) is 0 Å². The number of amides is 2. The topological polar surface area (TPSA) is 68.2 Å². The molecular weight excluding hydrogens is 349 g/mol. The van der Waals surface area contributed by atoms with Crippen LogP contribution in [-0.4, -0.2) is 29.3 Å². The number of aryl methyl sites for hydroxylation is 2. The van der Waals surface area contributed by atoms with Crippen molar-refractivity contribution in [3.8, 4) is 5.75 Å². The van der Waals surface area contributed by atoms with E-state index in [1.807, 2.05) is 6.92 Å². The summed E-state index contributed by atoms with van der Waals surface area (Å²) in [6.07, 6.45) is -1.29. The molecule has 0 fully saturated rings. The van der Waals surface area contributed by atoms with E-state index in [2.05, 4.69) is 15.7 Å². The molecule has 1 aromatic heterocycles. The number of methoxy groups -OCH3 is 1. The number of urea groups is 1. The number of benzene rings is 1. The van der Waals surface area contributed by atoms with E-state index in [1.54, 1.807) is 13.1 Å². The zero-order valence-electron chi connectivity index (χ0n) is 14.7. The standard InChI is InChI=1S/C17H21F3N4O2/c1-4-5-11-9-14(24(2)23-11)21-17(25)22-15(16(19)20)10-6-7-13(26-3)12(18)8-10/h6-9,15-16H,4-5H2,1-3H3,(H2,21,22,25)/t15-/m0/s1. The van der Waals surface area contributed by atoms with Crippen LogP contribution in [0.5, 0.6) is 5.75 Å². The van der Waals surface area contributed by atoms with E-state index in [0.717, 1.165) is 24.6 Å². The minimum atomic E-state index is -2.92. The van der Waals surface area contributed by atoms with Crippen molar-refractivity contribution in [3.63, 3.8) is 0 Å². The van der Waals surface area contributed by atoms with Crippen LogP contribution in [0.25, 0.3) is 0 Å². The van der Waals surface area contributed by atoms with E-state index in [4.69, 9.17) is 4.74 Å². The molecule has 1 aromatic carbocycles. The summed E-state index contributed by atoms with van der Waals surface area (Å²) in [6.45, 7) is 2.00. The average Bonchev–Trinajstić information content (AvgIpc) is 2.92. The fourth-order valence-electron chi connectivity index (χ4n) is 2.48. The maximum absolute atomic E-state index is 13.8. The van der Waals surface area contributed by atoms with E-state index in [0.29, 0.717) is 5.82 Å². The van der Waals surface area contributed by atoms with E-state index >= 15 is 0 Å². The Morgan fingerprint density at radius 1 is 1.35 bits per heavy atom. The number of halogens is 3. The van der Waals surface area contributed by atoms with Crippen molar-refractivity contribution in [1.82, 2.24) is 15.1 Å². The van der Waals surface area contributed by atoms with Crippen LogP contribution in [0.1, 0.15) is 30.6 Å². The molecule has 26 heavy (non-hydrogen) atoms. The lowest BCUT2D eigenvalue weighted by Crippen LogP contribution is -2.36. The third-order valence-electron chi connectivity index (χ3n) is 3.75. The molecule has 0 aliphatic carbocycles. The lowest BCUT2D eigenvalue weighted by atomic mass is 10.1. The molecule has 2 rings (SSSR count). The van der Waals surface area contributed by atoms with E-state index < -0.39 is 24.3 Å². The van der Waals surface area contributed by atoms with Crippen molar-refractivity contribution in [1.29, 1.82) is 0 Å². The summed E-state index contributed by atoms with van der Waals surface area (Å²) in [7, 11) is 2.91. The molecule has 0 saturated carbocycles. The van der Waals surface area contributed by atoms with Crippen molar-refractivity contribution in [2.75, 3.05) is 12.4 Å². The molecule has 2 N–H and O–H groups in total. The van der Waals surface area contributed by atoms with Gasteiger partial charge in [0.15, 0.2) is 11.6 Å². The molecule has 0 unspecified atom stereocenters. The quantitative estimate of drug-likeness (QED) is 0.782. The van der Waals surface area contributed by atoms with Gasteiger partial charge in [0.25, 0.3) is 6.43 Å². The Labute approximate surface area is 149 Å². The van der Waals surface area contributed by atoms with Gasteiger partial charge in [-0.05, 0) is 24.1 Å². The lowest BCUT2D eigenvalue weighted by Gasteiger charge is -2.19. The van der Waals surface area contributed by atoms with Gasteiger partial charge < -0.3 is 10.1 Å². The Balaban J connectivity index is 2.12. The second-order valence-corrected chi connectivity index (χ2v) is 5.70. The summed E-state index contributed by atoms with van der Waals surface area (Å²) >= 11 is 0. The van der Waals surface area contributed by atoms with Crippen molar-refractivity contribution in [2.45, 2.75) is 32.2 Å². The highest BCUT2D eigenvalue weighted by Gasteiger charge is 2.26. The van der Waals surface area contributed by atoms with Crippen LogP contribution in [-0.2, 0) is 13.5 Å². The monoisotopic (exact) mass is 370 g/mol. The number of ether oxygens (including phenoxy) is 1. The number of hydrogen-bond acceptors (Lipinski definition) is 3.